The molecule has 4 heteroatoms. The Balaban J connectivity index is 3.54. The lowest BCUT2D eigenvalue weighted by Gasteiger charge is -2.13. The minimum atomic E-state index is -0.915. The molecular formula is C9H17NO3. The number of rotatable bonds is 7. The highest BCUT2D eigenvalue weighted by atomic mass is 16.5. The SMILES string of the molecule is CCC(COC)NC/C=C/C(=O)O. The molecule has 0 spiro atoms. The van der Waals surface area contributed by atoms with E-state index in [2.05, 4.69) is 12.2 Å². The minimum absolute atomic E-state index is 0.295. The maximum Gasteiger partial charge on any atom is 0.328 e. The molecule has 0 aliphatic carbocycles. The molecule has 1 atom stereocenters. The maximum absolute atomic E-state index is 10.1. The van der Waals surface area contributed by atoms with Gasteiger partial charge >= 0.3 is 5.97 Å². The Kier molecular flexibility index (Phi) is 7.24. The third-order valence-corrected chi connectivity index (χ3v) is 1.65. The van der Waals surface area contributed by atoms with Gasteiger partial charge in [-0.3, -0.25) is 0 Å². The van der Waals surface area contributed by atoms with E-state index in [1.54, 1.807) is 13.2 Å². The molecule has 2 N–H and O–H groups in total. The summed E-state index contributed by atoms with van der Waals surface area (Å²) in [5, 5.41) is 11.5. The zero-order valence-corrected chi connectivity index (χ0v) is 8.12. The van der Waals surface area contributed by atoms with Crippen LogP contribution in [0.3, 0.4) is 0 Å². The highest BCUT2D eigenvalue weighted by Gasteiger charge is 2.01. The molecule has 0 aliphatic heterocycles. The van der Waals surface area contributed by atoms with Crippen molar-refractivity contribution in [3.05, 3.63) is 12.2 Å². The van der Waals surface area contributed by atoms with E-state index < -0.39 is 5.97 Å². The van der Waals surface area contributed by atoms with E-state index in [9.17, 15) is 4.79 Å². The standard InChI is InChI=1S/C9H17NO3/c1-3-8(7-13-2)10-6-4-5-9(11)12/h4-5,8,10H,3,6-7H2,1-2H3,(H,11,12)/b5-4+. The maximum atomic E-state index is 10.1. The van der Waals surface area contributed by atoms with Gasteiger partial charge in [0.2, 0.25) is 0 Å². The number of carboxylic acid groups (broad SMARTS) is 1. The Labute approximate surface area is 78.6 Å². The normalized spacial score (nSPS) is 13.4. The molecule has 76 valence electrons. The van der Waals surface area contributed by atoms with E-state index >= 15 is 0 Å². The zero-order chi connectivity index (χ0) is 10.1. The summed E-state index contributed by atoms with van der Waals surface area (Å²) in [6.45, 7) is 3.27. The molecule has 0 aliphatic rings. The van der Waals surface area contributed by atoms with Crippen LogP contribution in [0.2, 0.25) is 0 Å². The van der Waals surface area contributed by atoms with Crippen LogP contribution in [-0.2, 0) is 9.53 Å². The van der Waals surface area contributed by atoms with E-state index in [0.717, 1.165) is 12.5 Å². The number of ether oxygens (including phenoxy) is 1. The second-order valence-electron chi connectivity index (χ2n) is 2.71. The molecule has 0 aromatic heterocycles. The Hall–Kier alpha value is -0.870. The lowest BCUT2D eigenvalue weighted by atomic mass is 10.2. The summed E-state index contributed by atoms with van der Waals surface area (Å²) in [5.41, 5.74) is 0. The van der Waals surface area contributed by atoms with Crippen molar-refractivity contribution in [1.82, 2.24) is 5.32 Å². The highest BCUT2D eigenvalue weighted by Crippen LogP contribution is 1.90. The van der Waals surface area contributed by atoms with Crippen molar-refractivity contribution in [2.24, 2.45) is 0 Å². The summed E-state index contributed by atoms with van der Waals surface area (Å²) in [6.07, 6.45) is 3.68. The van der Waals surface area contributed by atoms with E-state index in [1.807, 2.05) is 0 Å². The van der Waals surface area contributed by atoms with E-state index in [0.29, 0.717) is 19.2 Å². The van der Waals surface area contributed by atoms with Gasteiger partial charge in [-0.05, 0) is 6.42 Å². The number of methoxy groups -OCH3 is 1. The lowest BCUT2D eigenvalue weighted by molar-refractivity contribution is -0.131. The third kappa shape index (κ3) is 7.49. The lowest BCUT2D eigenvalue weighted by Crippen LogP contribution is -2.32. The molecule has 0 saturated heterocycles. The van der Waals surface area contributed by atoms with Crippen LogP contribution in [0.25, 0.3) is 0 Å². The largest absolute Gasteiger partial charge is 0.478 e. The molecule has 1 unspecified atom stereocenters. The Morgan fingerprint density at radius 1 is 1.69 bits per heavy atom. The van der Waals surface area contributed by atoms with Gasteiger partial charge in [-0.1, -0.05) is 13.0 Å². The van der Waals surface area contributed by atoms with Gasteiger partial charge in [0.05, 0.1) is 6.61 Å². The fraction of sp³-hybridized carbons (Fsp3) is 0.667. The molecular weight excluding hydrogens is 170 g/mol. The average molecular weight is 187 g/mol. The van der Waals surface area contributed by atoms with Crippen LogP contribution in [-0.4, -0.2) is 37.4 Å². The quantitative estimate of drug-likeness (QED) is 0.574. The van der Waals surface area contributed by atoms with Crippen LogP contribution in [0, 0.1) is 0 Å². The van der Waals surface area contributed by atoms with Gasteiger partial charge < -0.3 is 15.2 Å². The van der Waals surface area contributed by atoms with Crippen LogP contribution < -0.4 is 5.32 Å². The fourth-order valence-corrected chi connectivity index (χ4v) is 0.917. The molecule has 0 heterocycles. The first-order valence-electron chi connectivity index (χ1n) is 4.32. The number of carbonyl (C=O) groups is 1. The van der Waals surface area contributed by atoms with Gasteiger partial charge in [0.1, 0.15) is 0 Å². The van der Waals surface area contributed by atoms with E-state index in [1.165, 1.54) is 0 Å². The van der Waals surface area contributed by atoms with Crippen molar-refractivity contribution in [2.45, 2.75) is 19.4 Å². The van der Waals surface area contributed by atoms with Gasteiger partial charge in [-0.25, -0.2) is 4.79 Å². The highest BCUT2D eigenvalue weighted by molar-refractivity contribution is 5.79. The molecule has 0 fully saturated rings. The number of hydrogen-bond acceptors (Lipinski definition) is 3. The van der Waals surface area contributed by atoms with Crippen LogP contribution >= 0.6 is 0 Å². The molecule has 4 nitrogen and oxygen atoms in total. The Morgan fingerprint density at radius 2 is 2.38 bits per heavy atom. The second kappa shape index (κ2) is 7.76. The molecule has 13 heavy (non-hydrogen) atoms. The van der Waals surface area contributed by atoms with Crippen molar-refractivity contribution in [2.75, 3.05) is 20.3 Å². The summed E-state index contributed by atoms with van der Waals surface area (Å²) in [6, 6.07) is 0.295. The van der Waals surface area contributed by atoms with Crippen molar-refractivity contribution < 1.29 is 14.6 Å². The Bertz CT molecular complexity index is 168. The molecule has 0 bridgehead atoms. The van der Waals surface area contributed by atoms with Gasteiger partial charge in [-0.15, -0.1) is 0 Å². The summed E-state index contributed by atoms with van der Waals surface area (Å²) < 4.78 is 4.97. The number of hydrogen-bond donors (Lipinski definition) is 2. The van der Waals surface area contributed by atoms with E-state index in [4.69, 9.17) is 9.84 Å². The molecule has 0 amide bonds. The molecule has 0 aromatic rings. The monoisotopic (exact) mass is 187 g/mol. The predicted molar refractivity (Wildman–Crippen MR) is 50.7 cm³/mol. The van der Waals surface area contributed by atoms with E-state index in [-0.39, 0.29) is 0 Å². The molecule has 0 saturated carbocycles. The summed E-state index contributed by atoms with van der Waals surface area (Å²) in [5.74, 6) is -0.915. The smallest absolute Gasteiger partial charge is 0.328 e. The number of carboxylic acids is 1. The van der Waals surface area contributed by atoms with Crippen LogP contribution in [0.1, 0.15) is 13.3 Å². The third-order valence-electron chi connectivity index (χ3n) is 1.65. The van der Waals surface area contributed by atoms with Gasteiger partial charge in [0.25, 0.3) is 0 Å². The summed E-state index contributed by atoms with van der Waals surface area (Å²) >= 11 is 0. The topological polar surface area (TPSA) is 58.6 Å². The fourth-order valence-electron chi connectivity index (χ4n) is 0.917. The van der Waals surface area contributed by atoms with Crippen molar-refractivity contribution in [1.29, 1.82) is 0 Å². The number of aliphatic carboxylic acids is 1. The first kappa shape index (κ1) is 12.1. The van der Waals surface area contributed by atoms with Crippen molar-refractivity contribution >= 4 is 5.97 Å². The number of nitrogens with one attached hydrogen (secondary N) is 1. The predicted octanol–water partition coefficient (Wildman–Crippen LogP) is 0.642. The Morgan fingerprint density at radius 3 is 2.85 bits per heavy atom. The molecule has 0 rings (SSSR count). The van der Waals surface area contributed by atoms with Crippen molar-refractivity contribution in [3.8, 4) is 0 Å². The second-order valence-corrected chi connectivity index (χ2v) is 2.71. The molecule has 0 aromatic carbocycles. The average Bonchev–Trinajstić information content (AvgIpc) is 2.10. The van der Waals surface area contributed by atoms with Crippen LogP contribution in [0.15, 0.2) is 12.2 Å². The van der Waals surface area contributed by atoms with Crippen LogP contribution in [0.5, 0.6) is 0 Å². The molecule has 0 radical (unpaired) electrons. The van der Waals surface area contributed by atoms with Gasteiger partial charge in [-0.2, -0.15) is 0 Å². The minimum Gasteiger partial charge on any atom is -0.478 e. The summed E-state index contributed by atoms with van der Waals surface area (Å²) in [4.78, 5) is 10.1. The first-order valence-corrected chi connectivity index (χ1v) is 4.32. The van der Waals surface area contributed by atoms with Gasteiger partial charge in [0.15, 0.2) is 0 Å². The zero-order valence-electron chi connectivity index (χ0n) is 8.12. The first-order chi connectivity index (χ1) is 6.20. The summed E-state index contributed by atoms with van der Waals surface area (Å²) in [7, 11) is 1.65. The van der Waals surface area contributed by atoms with Crippen LogP contribution in [0.4, 0.5) is 0 Å². The van der Waals surface area contributed by atoms with Gasteiger partial charge in [0, 0.05) is 25.8 Å². The van der Waals surface area contributed by atoms with Crippen molar-refractivity contribution in [3.63, 3.8) is 0 Å².